The van der Waals surface area contributed by atoms with E-state index in [4.69, 9.17) is 44.3 Å². The first-order chi connectivity index (χ1) is 15.9. The van der Waals surface area contributed by atoms with Crippen molar-refractivity contribution in [3.63, 3.8) is 0 Å². The SMILES string of the molecule is CCOc1cc(/C=C(/C#N)C(=O)Nc2cccc(Cl)c2Cl)ccc1OCc1ccc(Cl)cc1. The van der Waals surface area contributed by atoms with Crippen molar-refractivity contribution >= 4 is 52.5 Å². The van der Waals surface area contributed by atoms with Crippen molar-refractivity contribution in [2.45, 2.75) is 13.5 Å². The Morgan fingerprint density at radius 2 is 1.79 bits per heavy atom. The lowest BCUT2D eigenvalue weighted by Crippen LogP contribution is -2.13. The van der Waals surface area contributed by atoms with Crippen LogP contribution in [-0.4, -0.2) is 12.5 Å². The molecule has 0 saturated carbocycles. The van der Waals surface area contributed by atoms with Gasteiger partial charge in [0.1, 0.15) is 18.2 Å². The van der Waals surface area contributed by atoms with Crippen molar-refractivity contribution < 1.29 is 14.3 Å². The van der Waals surface area contributed by atoms with Crippen LogP contribution >= 0.6 is 34.8 Å². The zero-order chi connectivity index (χ0) is 23.8. The molecule has 168 valence electrons. The Kier molecular flexibility index (Phi) is 8.62. The van der Waals surface area contributed by atoms with Crippen molar-refractivity contribution in [2.75, 3.05) is 11.9 Å². The first kappa shape index (κ1) is 24.5. The topological polar surface area (TPSA) is 71.3 Å². The average molecular weight is 502 g/mol. The Morgan fingerprint density at radius 3 is 2.48 bits per heavy atom. The van der Waals surface area contributed by atoms with E-state index in [0.717, 1.165) is 5.56 Å². The molecule has 0 heterocycles. The summed E-state index contributed by atoms with van der Waals surface area (Å²) in [5, 5.41) is 13.3. The molecule has 0 unspecified atom stereocenters. The van der Waals surface area contributed by atoms with E-state index in [0.29, 0.717) is 46.0 Å². The zero-order valence-electron chi connectivity index (χ0n) is 17.6. The number of nitrogens with zero attached hydrogens (tertiary/aromatic N) is 1. The van der Waals surface area contributed by atoms with Gasteiger partial charge in [0.15, 0.2) is 11.5 Å². The van der Waals surface area contributed by atoms with Gasteiger partial charge in [0.25, 0.3) is 5.91 Å². The molecule has 1 N–H and O–H groups in total. The molecule has 8 heteroatoms. The number of hydrogen-bond donors (Lipinski definition) is 1. The van der Waals surface area contributed by atoms with Gasteiger partial charge in [-0.05, 0) is 60.5 Å². The molecule has 0 bridgehead atoms. The normalized spacial score (nSPS) is 10.9. The molecule has 0 spiro atoms. The number of carbonyl (C=O) groups excluding carboxylic acids is 1. The summed E-state index contributed by atoms with van der Waals surface area (Å²) in [6, 6.07) is 19.3. The summed E-state index contributed by atoms with van der Waals surface area (Å²) < 4.78 is 11.6. The first-order valence-corrected chi connectivity index (χ1v) is 11.1. The van der Waals surface area contributed by atoms with Crippen LogP contribution in [0.4, 0.5) is 5.69 Å². The van der Waals surface area contributed by atoms with Gasteiger partial charge in [-0.1, -0.05) is 59.1 Å². The minimum atomic E-state index is -0.609. The summed E-state index contributed by atoms with van der Waals surface area (Å²) in [6.45, 7) is 2.61. The van der Waals surface area contributed by atoms with Gasteiger partial charge in [0.05, 0.1) is 22.3 Å². The molecular formula is C25H19Cl3N2O3. The quantitative estimate of drug-likeness (QED) is 0.262. The van der Waals surface area contributed by atoms with E-state index in [-0.39, 0.29) is 10.6 Å². The lowest BCUT2D eigenvalue weighted by Gasteiger charge is -2.13. The van der Waals surface area contributed by atoms with Gasteiger partial charge < -0.3 is 14.8 Å². The molecule has 0 fully saturated rings. The number of amides is 1. The van der Waals surface area contributed by atoms with Crippen molar-refractivity contribution in [1.29, 1.82) is 5.26 Å². The fourth-order valence-corrected chi connectivity index (χ4v) is 3.32. The van der Waals surface area contributed by atoms with Gasteiger partial charge in [-0.25, -0.2) is 0 Å². The second-order valence-corrected chi connectivity index (χ2v) is 8.00. The number of nitrogens with one attached hydrogen (secondary N) is 1. The van der Waals surface area contributed by atoms with Crippen molar-refractivity contribution in [3.8, 4) is 17.6 Å². The maximum atomic E-state index is 12.6. The predicted octanol–water partition coefficient (Wildman–Crippen LogP) is 7.17. The van der Waals surface area contributed by atoms with Crippen LogP contribution in [0.3, 0.4) is 0 Å². The fourth-order valence-electron chi connectivity index (χ4n) is 2.85. The number of halogens is 3. The number of anilines is 1. The third-order valence-corrected chi connectivity index (χ3v) is 5.52. The highest BCUT2D eigenvalue weighted by Gasteiger charge is 2.14. The second kappa shape index (κ2) is 11.6. The van der Waals surface area contributed by atoms with E-state index in [9.17, 15) is 10.1 Å². The minimum absolute atomic E-state index is 0.108. The van der Waals surface area contributed by atoms with Gasteiger partial charge in [-0.2, -0.15) is 5.26 Å². The van der Waals surface area contributed by atoms with Crippen LogP contribution < -0.4 is 14.8 Å². The molecule has 0 aliphatic carbocycles. The maximum Gasteiger partial charge on any atom is 0.266 e. The molecule has 33 heavy (non-hydrogen) atoms. The molecular weight excluding hydrogens is 483 g/mol. The van der Waals surface area contributed by atoms with Crippen LogP contribution in [-0.2, 0) is 11.4 Å². The van der Waals surface area contributed by atoms with Crippen molar-refractivity contribution in [2.24, 2.45) is 0 Å². The average Bonchev–Trinajstić information content (AvgIpc) is 2.81. The van der Waals surface area contributed by atoms with Gasteiger partial charge in [0, 0.05) is 5.02 Å². The molecule has 3 rings (SSSR count). The van der Waals surface area contributed by atoms with Crippen molar-refractivity contribution in [3.05, 3.63) is 92.4 Å². The van der Waals surface area contributed by atoms with E-state index in [2.05, 4.69) is 5.32 Å². The van der Waals surface area contributed by atoms with Crippen LogP contribution in [0, 0.1) is 11.3 Å². The Labute approximate surface area is 207 Å². The standard InChI is InChI=1S/C25H19Cl3N2O3/c1-2-32-23-13-17(8-11-22(23)33-15-16-6-9-19(26)10-7-16)12-18(14-29)25(31)30-21-5-3-4-20(27)24(21)28/h3-13H,2,15H2,1H3,(H,30,31)/b18-12-. The summed E-state index contributed by atoms with van der Waals surface area (Å²) in [4.78, 5) is 12.6. The van der Waals surface area contributed by atoms with Crippen LogP contribution in [0.2, 0.25) is 15.1 Å². The summed E-state index contributed by atoms with van der Waals surface area (Å²) in [5.74, 6) is 0.427. The van der Waals surface area contributed by atoms with Gasteiger partial charge in [0.2, 0.25) is 0 Å². The molecule has 5 nitrogen and oxygen atoms in total. The third kappa shape index (κ3) is 6.66. The first-order valence-electron chi connectivity index (χ1n) is 9.92. The van der Waals surface area contributed by atoms with E-state index in [1.54, 1.807) is 48.5 Å². The molecule has 0 aliphatic rings. The highest BCUT2D eigenvalue weighted by Crippen LogP contribution is 2.31. The summed E-state index contributed by atoms with van der Waals surface area (Å²) in [7, 11) is 0. The molecule has 0 aliphatic heterocycles. The fraction of sp³-hybridized carbons (Fsp3) is 0.120. The van der Waals surface area contributed by atoms with E-state index >= 15 is 0 Å². The molecule has 0 radical (unpaired) electrons. The zero-order valence-corrected chi connectivity index (χ0v) is 19.8. The van der Waals surface area contributed by atoms with E-state index in [1.807, 2.05) is 25.1 Å². The molecule has 3 aromatic carbocycles. The van der Waals surface area contributed by atoms with E-state index in [1.165, 1.54) is 6.08 Å². The Balaban J connectivity index is 1.79. The molecule has 3 aromatic rings. The Bertz CT molecular complexity index is 1220. The third-order valence-electron chi connectivity index (χ3n) is 4.45. The smallest absolute Gasteiger partial charge is 0.266 e. The molecule has 1 amide bonds. The largest absolute Gasteiger partial charge is 0.490 e. The second-order valence-electron chi connectivity index (χ2n) is 6.78. The molecule has 0 aromatic heterocycles. The molecule has 0 saturated heterocycles. The van der Waals surface area contributed by atoms with Crippen LogP contribution in [0.1, 0.15) is 18.1 Å². The monoisotopic (exact) mass is 500 g/mol. The Hall–Kier alpha value is -3.17. The number of nitriles is 1. The van der Waals surface area contributed by atoms with Gasteiger partial charge in [-0.3, -0.25) is 4.79 Å². The summed E-state index contributed by atoms with van der Waals surface area (Å²) in [5.41, 5.74) is 1.76. The summed E-state index contributed by atoms with van der Waals surface area (Å²) >= 11 is 18.0. The number of benzene rings is 3. The summed E-state index contributed by atoms with van der Waals surface area (Å²) in [6.07, 6.45) is 1.46. The maximum absolute atomic E-state index is 12.6. The highest BCUT2D eigenvalue weighted by atomic mass is 35.5. The highest BCUT2D eigenvalue weighted by molar-refractivity contribution is 6.44. The van der Waals surface area contributed by atoms with Gasteiger partial charge >= 0.3 is 0 Å². The number of carbonyl (C=O) groups is 1. The van der Waals surface area contributed by atoms with Crippen LogP contribution in [0.25, 0.3) is 6.08 Å². The minimum Gasteiger partial charge on any atom is -0.490 e. The van der Waals surface area contributed by atoms with Crippen LogP contribution in [0.15, 0.2) is 66.2 Å². The molecule has 0 atom stereocenters. The van der Waals surface area contributed by atoms with Gasteiger partial charge in [-0.15, -0.1) is 0 Å². The van der Waals surface area contributed by atoms with Crippen LogP contribution in [0.5, 0.6) is 11.5 Å². The lowest BCUT2D eigenvalue weighted by molar-refractivity contribution is -0.112. The predicted molar refractivity (Wildman–Crippen MR) is 132 cm³/mol. The lowest BCUT2D eigenvalue weighted by atomic mass is 10.1. The van der Waals surface area contributed by atoms with Crippen molar-refractivity contribution in [1.82, 2.24) is 0 Å². The number of rotatable bonds is 8. The van der Waals surface area contributed by atoms with E-state index < -0.39 is 5.91 Å². The number of ether oxygens (including phenoxy) is 2. The number of hydrogen-bond acceptors (Lipinski definition) is 4. The Morgan fingerprint density at radius 1 is 1.03 bits per heavy atom.